The molecule has 0 aliphatic carbocycles. The van der Waals surface area contributed by atoms with Crippen molar-refractivity contribution in [2.45, 2.75) is 58.0 Å². The predicted octanol–water partition coefficient (Wildman–Crippen LogP) is 2.98. The van der Waals surface area contributed by atoms with Crippen molar-refractivity contribution in [3.8, 4) is 0 Å². The quantitative estimate of drug-likeness (QED) is 0.707. The van der Waals surface area contributed by atoms with Gasteiger partial charge < -0.3 is 5.32 Å². The zero-order valence-corrected chi connectivity index (χ0v) is 12.9. The molecule has 1 aliphatic heterocycles. The third-order valence-corrected chi connectivity index (χ3v) is 4.73. The van der Waals surface area contributed by atoms with E-state index in [1.807, 2.05) is 11.8 Å². The van der Waals surface area contributed by atoms with Crippen LogP contribution >= 0.6 is 11.8 Å². The summed E-state index contributed by atoms with van der Waals surface area (Å²) in [6.07, 6.45) is 7.41. The molecule has 0 radical (unpaired) electrons. The summed E-state index contributed by atoms with van der Waals surface area (Å²) >= 11 is 1.97. The summed E-state index contributed by atoms with van der Waals surface area (Å²) in [7, 11) is 0. The Hall–Kier alpha value is 0.270. The summed E-state index contributed by atoms with van der Waals surface area (Å²) in [6.45, 7) is 10.7. The van der Waals surface area contributed by atoms with E-state index in [4.69, 9.17) is 0 Å². The fraction of sp³-hybridized carbons (Fsp3) is 1.00. The van der Waals surface area contributed by atoms with Crippen molar-refractivity contribution in [1.29, 1.82) is 0 Å². The van der Waals surface area contributed by atoms with Crippen LogP contribution in [0.1, 0.15) is 46.5 Å². The lowest BCUT2D eigenvalue weighted by atomic mass is 9.92. The molecule has 17 heavy (non-hydrogen) atoms. The highest BCUT2D eigenvalue weighted by Gasteiger charge is 2.33. The molecule has 1 N–H and O–H groups in total. The summed E-state index contributed by atoms with van der Waals surface area (Å²) in [5.41, 5.74) is 0.337. The Bertz CT molecular complexity index is 210. The second kappa shape index (κ2) is 7.65. The van der Waals surface area contributed by atoms with Crippen LogP contribution in [0.4, 0.5) is 0 Å². The molecule has 0 bridgehead atoms. The zero-order chi connectivity index (χ0) is 12.7. The van der Waals surface area contributed by atoms with Crippen molar-refractivity contribution < 1.29 is 0 Å². The largest absolute Gasteiger partial charge is 0.309 e. The average molecular weight is 258 g/mol. The van der Waals surface area contributed by atoms with Gasteiger partial charge >= 0.3 is 0 Å². The van der Waals surface area contributed by atoms with Crippen molar-refractivity contribution in [2.75, 3.05) is 31.6 Å². The van der Waals surface area contributed by atoms with Gasteiger partial charge in [0.25, 0.3) is 0 Å². The van der Waals surface area contributed by atoms with Gasteiger partial charge in [0, 0.05) is 24.7 Å². The van der Waals surface area contributed by atoms with Crippen LogP contribution in [0.5, 0.6) is 0 Å². The Kier molecular flexibility index (Phi) is 6.90. The highest BCUT2D eigenvalue weighted by atomic mass is 32.2. The molecule has 1 heterocycles. The second-order valence-electron chi connectivity index (χ2n) is 5.55. The molecule has 2 atom stereocenters. The molecule has 1 aliphatic rings. The molecular formula is C14H30N2S. The van der Waals surface area contributed by atoms with E-state index in [1.165, 1.54) is 51.1 Å². The van der Waals surface area contributed by atoms with Gasteiger partial charge in [-0.05, 0) is 44.7 Å². The lowest BCUT2D eigenvalue weighted by molar-refractivity contribution is 0.0796. The van der Waals surface area contributed by atoms with Crippen LogP contribution in [0.2, 0.25) is 0 Å². The lowest BCUT2D eigenvalue weighted by Gasteiger charge is -2.46. The Morgan fingerprint density at radius 3 is 2.76 bits per heavy atom. The topological polar surface area (TPSA) is 15.3 Å². The van der Waals surface area contributed by atoms with E-state index in [-0.39, 0.29) is 0 Å². The van der Waals surface area contributed by atoms with E-state index < -0.39 is 0 Å². The molecule has 1 fully saturated rings. The molecule has 0 aromatic carbocycles. The number of hydrogen-bond donors (Lipinski definition) is 1. The minimum absolute atomic E-state index is 0.337. The molecule has 0 amide bonds. The Balaban J connectivity index is 2.49. The maximum atomic E-state index is 3.75. The highest BCUT2D eigenvalue weighted by Crippen LogP contribution is 2.21. The molecule has 2 nitrogen and oxygen atoms in total. The number of nitrogens with one attached hydrogen (secondary N) is 1. The molecule has 0 aromatic heterocycles. The first-order valence-electron chi connectivity index (χ1n) is 7.13. The third-order valence-electron chi connectivity index (χ3n) is 4.03. The number of thioether (sulfide) groups is 1. The fourth-order valence-corrected chi connectivity index (χ4v) is 3.07. The smallest absolute Gasteiger partial charge is 0.0278 e. The van der Waals surface area contributed by atoms with Gasteiger partial charge in [-0.3, -0.25) is 4.90 Å². The summed E-state index contributed by atoms with van der Waals surface area (Å²) in [5.74, 6) is 1.30. The normalized spacial score (nSPS) is 30.7. The maximum Gasteiger partial charge on any atom is 0.0278 e. The Morgan fingerprint density at radius 2 is 2.18 bits per heavy atom. The standard InChI is InChI=1S/C14H30N2S/c1-5-8-13-11-15-14(3,6-2)12-16(13)9-7-10-17-4/h13,15H,5-12H2,1-4H3. The SMILES string of the molecule is CCCC1CNC(C)(CC)CN1CCCSC. The summed E-state index contributed by atoms with van der Waals surface area (Å²) in [5, 5.41) is 3.75. The number of rotatable bonds is 7. The van der Waals surface area contributed by atoms with Gasteiger partial charge in [0.2, 0.25) is 0 Å². The molecule has 0 spiro atoms. The summed E-state index contributed by atoms with van der Waals surface area (Å²) in [4.78, 5) is 2.74. The van der Waals surface area contributed by atoms with Gasteiger partial charge in [0.05, 0.1) is 0 Å². The molecule has 0 saturated carbocycles. The van der Waals surface area contributed by atoms with Gasteiger partial charge in [-0.2, -0.15) is 11.8 Å². The first kappa shape index (κ1) is 15.3. The third kappa shape index (κ3) is 4.80. The average Bonchev–Trinajstić information content (AvgIpc) is 2.33. The van der Waals surface area contributed by atoms with E-state index >= 15 is 0 Å². The van der Waals surface area contributed by atoms with Gasteiger partial charge in [-0.15, -0.1) is 0 Å². The minimum Gasteiger partial charge on any atom is -0.309 e. The van der Waals surface area contributed by atoms with Crippen LogP contribution < -0.4 is 5.32 Å². The van der Waals surface area contributed by atoms with E-state index in [1.54, 1.807) is 0 Å². The van der Waals surface area contributed by atoms with Crippen LogP contribution in [-0.4, -0.2) is 48.1 Å². The predicted molar refractivity (Wildman–Crippen MR) is 80.0 cm³/mol. The molecule has 3 heteroatoms. The van der Waals surface area contributed by atoms with E-state index in [9.17, 15) is 0 Å². The first-order chi connectivity index (χ1) is 8.15. The van der Waals surface area contributed by atoms with Crippen LogP contribution in [-0.2, 0) is 0 Å². The van der Waals surface area contributed by atoms with Crippen LogP contribution in [0, 0.1) is 0 Å². The monoisotopic (exact) mass is 258 g/mol. The summed E-state index contributed by atoms with van der Waals surface area (Å²) in [6, 6.07) is 0.765. The van der Waals surface area contributed by atoms with Crippen molar-refractivity contribution in [1.82, 2.24) is 10.2 Å². The lowest BCUT2D eigenvalue weighted by Crippen LogP contribution is -2.62. The van der Waals surface area contributed by atoms with Crippen LogP contribution in [0.25, 0.3) is 0 Å². The number of nitrogens with zero attached hydrogens (tertiary/aromatic N) is 1. The Morgan fingerprint density at radius 1 is 1.41 bits per heavy atom. The van der Waals surface area contributed by atoms with Crippen molar-refractivity contribution >= 4 is 11.8 Å². The van der Waals surface area contributed by atoms with E-state index in [2.05, 4.69) is 37.2 Å². The van der Waals surface area contributed by atoms with Gasteiger partial charge in [0.15, 0.2) is 0 Å². The van der Waals surface area contributed by atoms with Gasteiger partial charge in [0.1, 0.15) is 0 Å². The molecule has 0 aromatic rings. The number of hydrogen-bond acceptors (Lipinski definition) is 3. The van der Waals surface area contributed by atoms with Crippen molar-refractivity contribution in [3.63, 3.8) is 0 Å². The molecule has 1 saturated heterocycles. The molecule has 1 rings (SSSR count). The van der Waals surface area contributed by atoms with Crippen LogP contribution in [0.15, 0.2) is 0 Å². The van der Waals surface area contributed by atoms with Gasteiger partial charge in [-0.1, -0.05) is 20.3 Å². The molecule has 102 valence electrons. The van der Waals surface area contributed by atoms with E-state index in [0.29, 0.717) is 5.54 Å². The second-order valence-corrected chi connectivity index (χ2v) is 6.54. The van der Waals surface area contributed by atoms with Crippen molar-refractivity contribution in [2.24, 2.45) is 0 Å². The van der Waals surface area contributed by atoms with E-state index in [0.717, 1.165) is 6.04 Å². The summed E-state index contributed by atoms with van der Waals surface area (Å²) < 4.78 is 0. The minimum atomic E-state index is 0.337. The number of piperazine rings is 1. The zero-order valence-electron chi connectivity index (χ0n) is 12.1. The van der Waals surface area contributed by atoms with Crippen LogP contribution in [0.3, 0.4) is 0 Å². The fourth-order valence-electron chi connectivity index (χ4n) is 2.65. The highest BCUT2D eigenvalue weighted by molar-refractivity contribution is 7.98. The molecular weight excluding hydrogens is 228 g/mol. The molecule has 2 unspecified atom stereocenters. The Labute approximate surface area is 112 Å². The van der Waals surface area contributed by atoms with Crippen molar-refractivity contribution in [3.05, 3.63) is 0 Å². The first-order valence-corrected chi connectivity index (χ1v) is 8.52. The van der Waals surface area contributed by atoms with Gasteiger partial charge in [-0.25, -0.2) is 0 Å². The maximum absolute atomic E-state index is 3.75.